The van der Waals surface area contributed by atoms with E-state index in [9.17, 15) is 0 Å². The number of benzene rings is 3. The molecule has 0 spiro atoms. The molecule has 0 saturated carbocycles. The van der Waals surface area contributed by atoms with Crippen molar-refractivity contribution in [3.05, 3.63) is 89.3 Å². The molecule has 0 amide bonds. The highest BCUT2D eigenvalue weighted by molar-refractivity contribution is 7.22. The first kappa shape index (κ1) is 18.8. The Kier molecular flexibility index (Phi) is 5.17. The molecule has 2 heterocycles. The van der Waals surface area contributed by atoms with E-state index in [4.69, 9.17) is 9.72 Å². The molecule has 0 unspecified atom stereocenters. The van der Waals surface area contributed by atoms with Crippen LogP contribution in [0.15, 0.2) is 78.2 Å². The van der Waals surface area contributed by atoms with Gasteiger partial charge in [-0.05, 0) is 29.7 Å². The van der Waals surface area contributed by atoms with Gasteiger partial charge >= 0.3 is 0 Å². The fraction of sp³-hybridized carbons (Fsp3) is 0.0833. The van der Waals surface area contributed by atoms with Gasteiger partial charge in [-0.25, -0.2) is 9.97 Å². The molecule has 0 aliphatic heterocycles. The van der Waals surface area contributed by atoms with Crippen LogP contribution in [-0.2, 0) is 6.42 Å². The van der Waals surface area contributed by atoms with Crippen LogP contribution in [0.4, 0.5) is 10.3 Å². The number of methoxy groups -OCH3 is 1. The van der Waals surface area contributed by atoms with Gasteiger partial charge in [0.2, 0.25) is 0 Å². The average molecular weight is 430 g/mol. The van der Waals surface area contributed by atoms with E-state index in [1.165, 1.54) is 11.1 Å². The van der Waals surface area contributed by atoms with Gasteiger partial charge in [0.1, 0.15) is 5.75 Å². The zero-order chi connectivity index (χ0) is 20.3. The van der Waals surface area contributed by atoms with E-state index < -0.39 is 0 Å². The molecular formula is C24H19N3OS2. The van der Waals surface area contributed by atoms with E-state index in [0.717, 1.165) is 43.9 Å². The van der Waals surface area contributed by atoms with Gasteiger partial charge in [0, 0.05) is 17.0 Å². The van der Waals surface area contributed by atoms with Crippen LogP contribution >= 0.6 is 22.7 Å². The quantitative estimate of drug-likeness (QED) is 0.324. The molecule has 2 aromatic heterocycles. The second-order valence-electron chi connectivity index (χ2n) is 6.87. The molecule has 1 N–H and O–H groups in total. The SMILES string of the molecule is COc1ccc2sc(Nc3nc(-c4ccc(Cc5ccccc5)cc4)cs3)nc2c1. The number of rotatable bonds is 6. The average Bonchev–Trinajstić information content (AvgIpc) is 3.41. The summed E-state index contributed by atoms with van der Waals surface area (Å²) in [6.07, 6.45) is 0.938. The molecule has 5 aromatic rings. The standard InChI is InChI=1S/C24H19N3OS2/c1-28-19-11-12-22-20(14-19)25-24(30-22)27-23-26-21(15-29-23)18-9-7-17(8-10-18)13-16-5-3-2-4-6-16/h2-12,14-15H,13H2,1H3,(H,25,26,27). The van der Waals surface area contributed by atoms with E-state index in [1.807, 2.05) is 24.3 Å². The smallest absolute Gasteiger partial charge is 0.190 e. The lowest BCUT2D eigenvalue weighted by Gasteiger charge is -2.03. The molecule has 148 valence electrons. The molecule has 0 aliphatic carbocycles. The molecule has 0 bridgehead atoms. The molecular weight excluding hydrogens is 410 g/mol. The number of anilines is 2. The van der Waals surface area contributed by atoms with Gasteiger partial charge in [0.05, 0.1) is 23.0 Å². The maximum Gasteiger partial charge on any atom is 0.190 e. The molecule has 0 fully saturated rings. The lowest BCUT2D eigenvalue weighted by molar-refractivity contribution is 0.415. The molecule has 30 heavy (non-hydrogen) atoms. The molecule has 0 radical (unpaired) electrons. The lowest BCUT2D eigenvalue weighted by atomic mass is 10.0. The molecule has 5 rings (SSSR count). The molecule has 0 atom stereocenters. The zero-order valence-corrected chi connectivity index (χ0v) is 18.0. The van der Waals surface area contributed by atoms with Crippen LogP contribution in [0, 0.1) is 0 Å². The maximum absolute atomic E-state index is 5.28. The number of aromatic nitrogens is 2. The normalized spacial score (nSPS) is 11.0. The van der Waals surface area contributed by atoms with Gasteiger partial charge in [-0.15, -0.1) is 11.3 Å². The number of fused-ring (bicyclic) bond motifs is 1. The predicted octanol–water partition coefficient (Wildman–Crippen LogP) is 6.76. The van der Waals surface area contributed by atoms with E-state index in [1.54, 1.807) is 29.8 Å². The van der Waals surface area contributed by atoms with Crippen molar-refractivity contribution in [2.24, 2.45) is 0 Å². The fourth-order valence-electron chi connectivity index (χ4n) is 3.27. The Labute approximate surface area is 182 Å². The van der Waals surface area contributed by atoms with Crippen molar-refractivity contribution >= 4 is 43.2 Å². The van der Waals surface area contributed by atoms with Crippen molar-refractivity contribution < 1.29 is 4.74 Å². The minimum Gasteiger partial charge on any atom is -0.497 e. The summed E-state index contributed by atoms with van der Waals surface area (Å²) >= 11 is 3.19. The van der Waals surface area contributed by atoms with Crippen molar-refractivity contribution in [2.45, 2.75) is 6.42 Å². The van der Waals surface area contributed by atoms with Crippen LogP contribution in [0.3, 0.4) is 0 Å². The maximum atomic E-state index is 5.28. The first-order valence-electron chi connectivity index (χ1n) is 9.57. The van der Waals surface area contributed by atoms with Crippen LogP contribution in [0.5, 0.6) is 5.75 Å². The zero-order valence-electron chi connectivity index (χ0n) is 16.3. The van der Waals surface area contributed by atoms with Crippen LogP contribution < -0.4 is 10.1 Å². The second-order valence-corrected chi connectivity index (χ2v) is 8.76. The van der Waals surface area contributed by atoms with Crippen LogP contribution in [-0.4, -0.2) is 17.1 Å². The van der Waals surface area contributed by atoms with E-state index in [-0.39, 0.29) is 0 Å². The first-order valence-corrected chi connectivity index (χ1v) is 11.3. The third-order valence-electron chi connectivity index (χ3n) is 4.81. The Morgan fingerprint density at radius 2 is 1.67 bits per heavy atom. The Morgan fingerprint density at radius 1 is 0.867 bits per heavy atom. The summed E-state index contributed by atoms with van der Waals surface area (Å²) in [5.41, 5.74) is 5.62. The highest BCUT2D eigenvalue weighted by Crippen LogP contribution is 2.33. The monoisotopic (exact) mass is 429 g/mol. The van der Waals surface area contributed by atoms with Gasteiger partial charge in [-0.1, -0.05) is 65.9 Å². The summed E-state index contributed by atoms with van der Waals surface area (Å²) in [5, 5.41) is 7.08. The summed E-state index contributed by atoms with van der Waals surface area (Å²) < 4.78 is 6.39. The van der Waals surface area contributed by atoms with Crippen molar-refractivity contribution in [3.8, 4) is 17.0 Å². The molecule has 0 saturated heterocycles. The van der Waals surface area contributed by atoms with Gasteiger partial charge in [0.25, 0.3) is 0 Å². The number of hydrogen-bond acceptors (Lipinski definition) is 6. The largest absolute Gasteiger partial charge is 0.497 e. The Balaban J connectivity index is 1.30. The highest BCUT2D eigenvalue weighted by atomic mass is 32.1. The van der Waals surface area contributed by atoms with Gasteiger partial charge in [-0.2, -0.15) is 0 Å². The van der Waals surface area contributed by atoms with Crippen LogP contribution in [0.25, 0.3) is 21.5 Å². The molecule has 0 aliphatic rings. The topological polar surface area (TPSA) is 47.0 Å². The Morgan fingerprint density at radius 3 is 2.47 bits per heavy atom. The van der Waals surface area contributed by atoms with Crippen molar-refractivity contribution in [3.63, 3.8) is 0 Å². The summed E-state index contributed by atoms with van der Waals surface area (Å²) in [6, 6.07) is 25.1. The Bertz CT molecular complexity index is 1280. The molecule has 3 aromatic carbocycles. The van der Waals surface area contributed by atoms with Crippen molar-refractivity contribution in [1.29, 1.82) is 0 Å². The van der Waals surface area contributed by atoms with Gasteiger partial charge in [0.15, 0.2) is 10.3 Å². The van der Waals surface area contributed by atoms with Crippen molar-refractivity contribution in [1.82, 2.24) is 9.97 Å². The number of ether oxygens (including phenoxy) is 1. The van der Waals surface area contributed by atoms with E-state index >= 15 is 0 Å². The van der Waals surface area contributed by atoms with Crippen LogP contribution in [0.1, 0.15) is 11.1 Å². The number of hydrogen-bond donors (Lipinski definition) is 1. The molecule has 4 nitrogen and oxygen atoms in total. The number of nitrogens with zero attached hydrogens (tertiary/aromatic N) is 2. The van der Waals surface area contributed by atoms with Gasteiger partial charge < -0.3 is 10.1 Å². The van der Waals surface area contributed by atoms with Gasteiger partial charge in [-0.3, -0.25) is 0 Å². The Hall–Kier alpha value is -3.22. The highest BCUT2D eigenvalue weighted by Gasteiger charge is 2.09. The number of thiazole rings is 2. The summed E-state index contributed by atoms with van der Waals surface area (Å²) in [4.78, 5) is 9.39. The van der Waals surface area contributed by atoms with E-state index in [0.29, 0.717) is 0 Å². The third-order valence-corrected chi connectivity index (χ3v) is 6.52. The second kappa shape index (κ2) is 8.26. The van der Waals surface area contributed by atoms with E-state index in [2.05, 4.69) is 64.2 Å². The predicted molar refractivity (Wildman–Crippen MR) is 126 cm³/mol. The minimum atomic E-state index is 0.812. The third kappa shape index (κ3) is 4.06. The molecule has 6 heteroatoms. The number of nitrogens with one attached hydrogen (secondary N) is 1. The van der Waals surface area contributed by atoms with Crippen molar-refractivity contribution in [2.75, 3.05) is 12.4 Å². The van der Waals surface area contributed by atoms with Crippen LogP contribution in [0.2, 0.25) is 0 Å². The minimum absolute atomic E-state index is 0.812. The first-order chi connectivity index (χ1) is 14.8. The fourth-order valence-corrected chi connectivity index (χ4v) is 4.90. The summed E-state index contributed by atoms with van der Waals surface area (Å²) in [7, 11) is 1.66. The summed E-state index contributed by atoms with van der Waals surface area (Å²) in [5.74, 6) is 0.812. The summed E-state index contributed by atoms with van der Waals surface area (Å²) in [6.45, 7) is 0. The lowest BCUT2D eigenvalue weighted by Crippen LogP contribution is -1.89.